The van der Waals surface area contributed by atoms with Crippen LogP contribution in [0.5, 0.6) is 0 Å². The van der Waals surface area contributed by atoms with Gasteiger partial charge in [0.2, 0.25) is 0 Å². The van der Waals surface area contributed by atoms with Crippen LogP contribution in [0.25, 0.3) is 0 Å². The maximum Gasteiger partial charge on any atom is 0.107 e. The predicted molar refractivity (Wildman–Crippen MR) is 61.8 cm³/mol. The Bertz CT molecular complexity index is 335. The van der Waals surface area contributed by atoms with Crippen molar-refractivity contribution < 1.29 is 4.42 Å². The molecule has 0 spiro atoms. The summed E-state index contributed by atoms with van der Waals surface area (Å²) < 4.78 is 5.82. The Labute approximate surface area is 91.8 Å². The Kier molecular flexibility index (Phi) is 2.63. The zero-order chi connectivity index (χ0) is 11.1. The van der Waals surface area contributed by atoms with E-state index >= 15 is 0 Å². The first-order valence-corrected chi connectivity index (χ1v) is 5.83. The lowest BCUT2D eigenvalue weighted by Crippen LogP contribution is -2.32. The molecule has 0 amide bonds. The fourth-order valence-electron chi connectivity index (χ4n) is 1.89. The van der Waals surface area contributed by atoms with E-state index in [4.69, 9.17) is 10.2 Å². The molecule has 1 aromatic heterocycles. The molecule has 1 aliphatic carbocycles. The molecular formula is C13H21NO. The predicted octanol–water partition coefficient (Wildman–Crippen LogP) is 3.07. The first kappa shape index (κ1) is 10.7. The lowest BCUT2D eigenvalue weighted by atomic mass is 9.99. The monoisotopic (exact) mass is 207 g/mol. The van der Waals surface area contributed by atoms with Crippen LogP contribution in [-0.2, 0) is 6.42 Å². The molecule has 2 rings (SSSR count). The van der Waals surface area contributed by atoms with Crippen molar-refractivity contribution in [2.24, 2.45) is 11.7 Å². The van der Waals surface area contributed by atoms with E-state index in [0.29, 0.717) is 5.92 Å². The molecule has 0 bridgehead atoms. The second-order valence-corrected chi connectivity index (χ2v) is 5.61. The summed E-state index contributed by atoms with van der Waals surface area (Å²) in [4.78, 5) is 0. The maximum atomic E-state index is 5.94. The second kappa shape index (κ2) is 3.67. The van der Waals surface area contributed by atoms with E-state index in [2.05, 4.69) is 32.9 Å². The highest BCUT2D eigenvalue weighted by Gasteiger charge is 2.36. The van der Waals surface area contributed by atoms with Crippen molar-refractivity contribution in [2.75, 3.05) is 0 Å². The lowest BCUT2D eigenvalue weighted by Gasteiger charge is -2.16. The van der Waals surface area contributed by atoms with E-state index in [1.54, 1.807) is 0 Å². The van der Waals surface area contributed by atoms with Crippen LogP contribution in [0.15, 0.2) is 16.5 Å². The van der Waals surface area contributed by atoms with Crippen LogP contribution in [0.3, 0.4) is 0 Å². The molecule has 2 nitrogen and oxygen atoms in total. The van der Waals surface area contributed by atoms with Crippen LogP contribution >= 0.6 is 0 Å². The summed E-state index contributed by atoms with van der Waals surface area (Å²) in [5, 5.41) is 0. The summed E-state index contributed by atoms with van der Waals surface area (Å²) in [6.07, 6.45) is 3.21. The van der Waals surface area contributed by atoms with E-state index in [1.807, 2.05) is 0 Å². The second-order valence-electron chi connectivity index (χ2n) is 5.61. The molecule has 1 saturated carbocycles. The van der Waals surface area contributed by atoms with Gasteiger partial charge in [0, 0.05) is 17.9 Å². The Morgan fingerprint density at radius 2 is 2.13 bits per heavy atom. The molecule has 1 fully saturated rings. The standard InChI is InChI=1S/C13H21NO/c1-9-8-11(9)12-5-4-10(15-12)6-7-13(2,3)14/h4-5,9,11H,6-8,14H2,1-3H3. The number of hydrogen-bond donors (Lipinski definition) is 1. The topological polar surface area (TPSA) is 39.2 Å². The number of furan rings is 1. The molecule has 2 unspecified atom stereocenters. The highest BCUT2D eigenvalue weighted by molar-refractivity contribution is 5.17. The SMILES string of the molecule is CC1CC1c1ccc(CCC(C)(C)N)o1. The minimum Gasteiger partial charge on any atom is -0.466 e. The van der Waals surface area contributed by atoms with E-state index in [9.17, 15) is 0 Å². The molecular weight excluding hydrogens is 186 g/mol. The maximum absolute atomic E-state index is 5.94. The zero-order valence-electron chi connectivity index (χ0n) is 9.92. The fourth-order valence-corrected chi connectivity index (χ4v) is 1.89. The summed E-state index contributed by atoms with van der Waals surface area (Å²) in [7, 11) is 0. The quantitative estimate of drug-likeness (QED) is 0.824. The molecule has 0 saturated heterocycles. The normalized spacial score (nSPS) is 25.6. The zero-order valence-corrected chi connectivity index (χ0v) is 9.92. The summed E-state index contributed by atoms with van der Waals surface area (Å²) >= 11 is 0. The van der Waals surface area contributed by atoms with Gasteiger partial charge < -0.3 is 10.2 Å². The molecule has 2 atom stereocenters. The Morgan fingerprint density at radius 1 is 1.47 bits per heavy atom. The third-order valence-corrected chi connectivity index (χ3v) is 3.17. The van der Waals surface area contributed by atoms with Gasteiger partial charge in [0.15, 0.2) is 0 Å². The van der Waals surface area contributed by atoms with Crippen molar-refractivity contribution in [2.45, 2.75) is 51.5 Å². The summed E-state index contributed by atoms with van der Waals surface area (Å²) in [6, 6.07) is 4.24. The van der Waals surface area contributed by atoms with Crippen LogP contribution in [0, 0.1) is 5.92 Å². The number of hydrogen-bond acceptors (Lipinski definition) is 2. The van der Waals surface area contributed by atoms with Crippen LogP contribution in [0.1, 0.15) is 51.1 Å². The van der Waals surface area contributed by atoms with E-state index in [1.165, 1.54) is 12.2 Å². The minimum absolute atomic E-state index is 0.0974. The third-order valence-electron chi connectivity index (χ3n) is 3.17. The van der Waals surface area contributed by atoms with Gasteiger partial charge >= 0.3 is 0 Å². The fraction of sp³-hybridized carbons (Fsp3) is 0.692. The molecule has 0 radical (unpaired) electrons. The van der Waals surface area contributed by atoms with Crippen molar-refractivity contribution in [1.82, 2.24) is 0 Å². The van der Waals surface area contributed by atoms with Crippen LogP contribution < -0.4 is 5.73 Å². The summed E-state index contributed by atoms with van der Waals surface area (Å²) in [5.41, 5.74) is 5.85. The van der Waals surface area contributed by atoms with Gasteiger partial charge in [-0.2, -0.15) is 0 Å². The third kappa shape index (κ3) is 2.85. The van der Waals surface area contributed by atoms with Crippen molar-refractivity contribution >= 4 is 0 Å². The van der Waals surface area contributed by atoms with Crippen molar-refractivity contribution in [3.8, 4) is 0 Å². The molecule has 1 heterocycles. The molecule has 1 aliphatic rings. The van der Waals surface area contributed by atoms with Gasteiger partial charge in [-0.25, -0.2) is 0 Å². The number of rotatable bonds is 4. The van der Waals surface area contributed by atoms with E-state index < -0.39 is 0 Å². The molecule has 1 aromatic rings. The van der Waals surface area contributed by atoms with E-state index in [0.717, 1.165) is 24.5 Å². The highest BCUT2D eigenvalue weighted by atomic mass is 16.3. The molecule has 0 aromatic carbocycles. The molecule has 15 heavy (non-hydrogen) atoms. The van der Waals surface area contributed by atoms with Gasteiger partial charge in [0.25, 0.3) is 0 Å². The Morgan fingerprint density at radius 3 is 2.67 bits per heavy atom. The van der Waals surface area contributed by atoms with Gasteiger partial charge in [0.05, 0.1) is 0 Å². The Hall–Kier alpha value is -0.760. The van der Waals surface area contributed by atoms with Gasteiger partial charge in [-0.15, -0.1) is 0 Å². The van der Waals surface area contributed by atoms with Crippen molar-refractivity contribution in [1.29, 1.82) is 0 Å². The van der Waals surface area contributed by atoms with E-state index in [-0.39, 0.29) is 5.54 Å². The number of nitrogens with two attached hydrogens (primary N) is 1. The first-order valence-electron chi connectivity index (χ1n) is 5.83. The summed E-state index contributed by atoms with van der Waals surface area (Å²) in [5.74, 6) is 3.76. The highest BCUT2D eigenvalue weighted by Crippen LogP contribution is 2.47. The smallest absolute Gasteiger partial charge is 0.107 e. The average Bonchev–Trinajstić information content (AvgIpc) is 2.68. The molecule has 2 N–H and O–H groups in total. The van der Waals surface area contributed by atoms with Crippen LogP contribution in [0.2, 0.25) is 0 Å². The van der Waals surface area contributed by atoms with Gasteiger partial charge in [-0.3, -0.25) is 0 Å². The van der Waals surface area contributed by atoms with Crippen molar-refractivity contribution in [3.63, 3.8) is 0 Å². The van der Waals surface area contributed by atoms with Gasteiger partial charge in [-0.1, -0.05) is 6.92 Å². The average molecular weight is 207 g/mol. The minimum atomic E-state index is -0.0974. The van der Waals surface area contributed by atoms with Crippen molar-refractivity contribution in [3.05, 3.63) is 23.7 Å². The summed E-state index contributed by atoms with van der Waals surface area (Å²) in [6.45, 7) is 6.38. The molecule has 84 valence electrons. The lowest BCUT2D eigenvalue weighted by molar-refractivity contribution is 0.415. The number of aryl methyl sites for hydroxylation is 1. The Balaban J connectivity index is 1.90. The molecule has 2 heteroatoms. The molecule has 0 aliphatic heterocycles. The largest absolute Gasteiger partial charge is 0.466 e. The van der Waals surface area contributed by atoms with Crippen LogP contribution in [-0.4, -0.2) is 5.54 Å². The van der Waals surface area contributed by atoms with Gasteiger partial charge in [0.1, 0.15) is 11.5 Å². The van der Waals surface area contributed by atoms with Gasteiger partial charge in [-0.05, 0) is 44.7 Å². The van der Waals surface area contributed by atoms with Crippen LogP contribution in [0.4, 0.5) is 0 Å². The first-order chi connectivity index (χ1) is 6.96.